The Bertz CT molecular complexity index is 589. The molecule has 0 aliphatic heterocycles. The highest BCUT2D eigenvalue weighted by Gasteiger charge is 2.27. The monoisotopic (exact) mass is 282 g/mol. The second-order valence-electron chi connectivity index (χ2n) is 6.14. The van der Waals surface area contributed by atoms with Gasteiger partial charge in [-0.1, -0.05) is 43.3 Å². The molecule has 1 fully saturated rings. The van der Waals surface area contributed by atoms with Crippen LogP contribution in [0.4, 0.5) is 0 Å². The van der Waals surface area contributed by atoms with Crippen LogP contribution in [0.15, 0.2) is 42.5 Å². The van der Waals surface area contributed by atoms with Crippen LogP contribution in [-0.4, -0.2) is 30.6 Å². The number of fused-ring (bicyclic) bond motifs is 1. The van der Waals surface area contributed by atoms with Crippen LogP contribution in [0.3, 0.4) is 0 Å². The van der Waals surface area contributed by atoms with E-state index < -0.39 is 0 Å². The molecule has 2 aromatic carbocycles. The lowest BCUT2D eigenvalue weighted by Gasteiger charge is -2.22. The average Bonchev–Trinajstić information content (AvgIpc) is 3.35. The van der Waals surface area contributed by atoms with Gasteiger partial charge in [0.1, 0.15) is 0 Å². The lowest BCUT2D eigenvalue weighted by Crippen LogP contribution is -2.34. The van der Waals surface area contributed by atoms with Crippen LogP contribution in [0.1, 0.15) is 38.3 Å². The zero-order valence-electron chi connectivity index (χ0n) is 13.2. The first-order valence-corrected chi connectivity index (χ1v) is 8.24. The van der Waals surface area contributed by atoms with Crippen molar-refractivity contribution < 1.29 is 0 Å². The lowest BCUT2D eigenvalue weighted by atomic mass is 10.0. The van der Waals surface area contributed by atoms with E-state index in [2.05, 4.69) is 66.5 Å². The summed E-state index contributed by atoms with van der Waals surface area (Å²) in [5, 5.41) is 6.32. The van der Waals surface area contributed by atoms with Gasteiger partial charge in [-0.25, -0.2) is 0 Å². The van der Waals surface area contributed by atoms with E-state index in [1.54, 1.807) is 0 Å². The summed E-state index contributed by atoms with van der Waals surface area (Å²) in [6, 6.07) is 16.6. The Morgan fingerprint density at radius 1 is 1.14 bits per heavy atom. The fourth-order valence-corrected chi connectivity index (χ4v) is 3.06. The van der Waals surface area contributed by atoms with Crippen molar-refractivity contribution in [1.29, 1.82) is 0 Å². The van der Waals surface area contributed by atoms with Crippen LogP contribution in [0.2, 0.25) is 0 Å². The van der Waals surface area contributed by atoms with Crippen molar-refractivity contribution in [2.24, 2.45) is 0 Å². The zero-order valence-corrected chi connectivity index (χ0v) is 13.2. The molecular weight excluding hydrogens is 256 g/mol. The summed E-state index contributed by atoms with van der Waals surface area (Å²) in [7, 11) is 0. The van der Waals surface area contributed by atoms with Gasteiger partial charge in [0.15, 0.2) is 0 Å². The summed E-state index contributed by atoms with van der Waals surface area (Å²) < 4.78 is 0. The maximum absolute atomic E-state index is 3.67. The Labute approximate surface area is 128 Å². The highest BCUT2D eigenvalue weighted by atomic mass is 15.2. The van der Waals surface area contributed by atoms with Crippen molar-refractivity contribution in [3.63, 3.8) is 0 Å². The van der Waals surface area contributed by atoms with E-state index >= 15 is 0 Å². The third-order valence-corrected chi connectivity index (χ3v) is 4.59. The predicted octanol–water partition coefficient (Wildman–Crippen LogP) is 3.97. The Morgan fingerprint density at radius 3 is 2.62 bits per heavy atom. The Kier molecular flexibility index (Phi) is 4.57. The van der Waals surface area contributed by atoms with Gasteiger partial charge in [-0.2, -0.15) is 0 Å². The molecule has 2 aromatic rings. The van der Waals surface area contributed by atoms with Crippen molar-refractivity contribution >= 4 is 10.8 Å². The summed E-state index contributed by atoms with van der Waals surface area (Å²) in [6.45, 7) is 7.94. The summed E-state index contributed by atoms with van der Waals surface area (Å²) >= 11 is 0. The fourth-order valence-electron chi connectivity index (χ4n) is 3.06. The number of rotatable bonds is 7. The molecule has 1 N–H and O–H groups in total. The summed E-state index contributed by atoms with van der Waals surface area (Å²) in [6.07, 6.45) is 2.79. The molecule has 1 aliphatic carbocycles. The molecular formula is C19H26N2. The van der Waals surface area contributed by atoms with Gasteiger partial charge >= 0.3 is 0 Å². The van der Waals surface area contributed by atoms with Gasteiger partial charge in [-0.15, -0.1) is 0 Å². The first-order valence-electron chi connectivity index (χ1n) is 8.24. The van der Waals surface area contributed by atoms with Crippen molar-refractivity contribution in [3.05, 3.63) is 48.0 Å². The molecule has 1 saturated carbocycles. The molecule has 1 unspecified atom stereocenters. The Balaban J connectivity index is 1.57. The lowest BCUT2D eigenvalue weighted by molar-refractivity contribution is 0.273. The second kappa shape index (κ2) is 6.59. The van der Waals surface area contributed by atoms with E-state index in [9.17, 15) is 0 Å². The van der Waals surface area contributed by atoms with E-state index in [-0.39, 0.29) is 0 Å². The number of hydrogen-bond acceptors (Lipinski definition) is 2. The number of likely N-dealkylation sites (N-methyl/N-ethyl adjacent to an activating group) is 1. The quantitative estimate of drug-likeness (QED) is 0.826. The fraction of sp³-hybridized carbons (Fsp3) is 0.474. The number of nitrogens with one attached hydrogen (secondary N) is 1. The summed E-state index contributed by atoms with van der Waals surface area (Å²) in [5.74, 6) is 0. The van der Waals surface area contributed by atoms with Gasteiger partial charge in [0.25, 0.3) is 0 Å². The topological polar surface area (TPSA) is 15.3 Å². The molecule has 0 aromatic heterocycles. The molecule has 0 heterocycles. The number of hydrogen-bond donors (Lipinski definition) is 1. The Hall–Kier alpha value is -1.38. The first kappa shape index (κ1) is 14.6. The van der Waals surface area contributed by atoms with E-state index in [1.807, 2.05) is 0 Å². The van der Waals surface area contributed by atoms with Crippen LogP contribution in [-0.2, 0) is 0 Å². The first-order chi connectivity index (χ1) is 10.3. The van der Waals surface area contributed by atoms with Crippen molar-refractivity contribution in [3.8, 4) is 0 Å². The van der Waals surface area contributed by atoms with Gasteiger partial charge in [0.05, 0.1) is 0 Å². The van der Waals surface area contributed by atoms with Crippen LogP contribution >= 0.6 is 0 Å². The van der Waals surface area contributed by atoms with E-state index in [0.717, 1.165) is 12.6 Å². The minimum Gasteiger partial charge on any atom is -0.309 e. The highest BCUT2D eigenvalue weighted by molar-refractivity contribution is 5.83. The largest absolute Gasteiger partial charge is 0.309 e. The van der Waals surface area contributed by atoms with E-state index in [1.165, 1.54) is 42.3 Å². The molecule has 1 atom stereocenters. The normalized spacial score (nSPS) is 16.5. The van der Waals surface area contributed by atoms with Crippen molar-refractivity contribution in [2.45, 2.75) is 38.8 Å². The molecule has 0 spiro atoms. The standard InChI is InChI=1S/C19H26N2/c1-3-21(19-10-11-19)13-12-20-15(2)17-9-8-16-6-4-5-7-18(16)14-17/h4-9,14-15,19-20H,3,10-13H2,1-2H3. The predicted molar refractivity (Wildman–Crippen MR) is 90.6 cm³/mol. The molecule has 0 bridgehead atoms. The molecule has 3 rings (SSSR count). The third-order valence-electron chi connectivity index (χ3n) is 4.59. The zero-order chi connectivity index (χ0) is 14.7. The van der Waals surface area contributed by atoms with Gasteiger partial charge in [-0.05, 0) is 48.7 Å². The van der Waals surface area contributed by atoms with Crippen LogP contribution in [0.25, 0.3) is 10.8 Å². The van der Waals surface area contributed by atoms with Gasteiger partial charge in [0.2, 0.25) is 0 Å². The van der Waals surface area contributed by atoms with E-state index in [4.69, 9.17) is 0 Å². The molecule has 1 aliphatic rings. The van der Waals surface area contributed by atoms with Crippen LogP contribution < -0.4 is 5.32 Å². The number of benzene rings is 2. The maximum Gasteiger partial charge on any atom is 0.0292 e. The van der Waals surface area contributed by atoms with Crippen LogP contribution in [0.5, 0.6) is 0 Å². The average molecular weight is 282 g/mol. The highest BCUT2D eigenvalue weighted by Crippen LogP contribution is 2.26. The van der Waals surface area contributed by atoms with Crippen LogP contribution in [0, 0.1) is 0 Å². The van der Waals surface area contributed by atoms with Gasteiger partial charge in [-0.3, -0.25) is 4.90 Å². The van der Waals surface area contributed by atoms with Crippen molar-refractivity contribution in [1.82, 2.24) is 10.2 Å². The van der Waals surface area contributed by atoms with Gasteiger partial charge in [0, 0.05) is 25.2 Å². The maximum atomic E-state index is 3.67. The molecule has 21 heavy (non-hydrogen) atoms. The minimum absolute atomic E-state index is 0.410. The molecule has 0 radical (unpaired) electrons. The van der Waals surface area contributed by atoms with Gasteiger partial charge < -0.3 is 5.32 Å². The second-order valence-corrected chi connectivity index (χ2v) is 6.14. The summed E-state index contributed by atoms with van der Waals surface area (Å²) in [5.41, 5.74) is 1.38. The number of nitrogens with zero attached hydrogens (tertiary/aromatic N) is 1. The smallest absolute Gasteiger partial charge is 0.0292 e. The Morgan fingerprint density at radius 2 is 1.90 bits per heavy atom. The van der Waals surface area contributed by atoms with Crippen molar-refractivity contribution in [2.75, 3.05) is 19.6 Å². The summed E-state index contributed by atoms with van der Waals surface area (Å²) in [4.78, 5) is 2.60. The van der Waals surface area contributed by atoms with E-state index in [0.29, 0.717) is 6.04 Å². The SMILES string of the molecule is CCN(CCNC(C)c1ccc2ccccc2c1)C1CC1. The minimum atomic E-state index is 0.410. The molecule has 0 saturated heterocycles. The molecule has 2 heteroatoms. The molecule has 112 valence electrons. The molecule has 0 amide bonds. The molecule has 2 nitrogen and oxygen atoms in total. The third kappa shape index (κ3) is 3.63.